The number of carbonyl (C=O) groups is 1. The average Bonchev–Trinajstić information content (AvgIpc) is 2.68. The Bertz CT molecular complexity index is 1040. The van der Waals surface area contributed by atoms with Crippen LogP contribution in [0.25, 0.3) is 0 Å². The SMILES string of the molecule is CC(=O)Nc1ccc(Nc2ncnc(NCc3ccccc3Cl)c2[N+](=O)[O-])cc1. The van der Waals surface area contributed by atoms with Crippen molar-refractivity contribution < 1.29 is 9.72 Å². The Hall–Kier alpha value is -3.72. The van der Waals surface area contributed by atoms with Crippen LogP contribution in [-0.4, -0.2) is 20.8 Å². The van der Waals surface area contributed by atoms with Gasteiger partial charge in [-0.15, -0.1) is 0 Å². The Labute approximate surface area is 171 Å². The summed E-state index contributed by atoms with van der Waals surface area (Å²) in [5.41, 5.74) is 1.68. The quantitative estimate of drug-likeness (QED) is 0.389. The minimum Gasteiger partial charge on any atom is -0.360 e. The predicted molar refractivity (Wildman–Crippen MR) is 111 cm³/mol. The first kappa shape index (κ1) is 20.0. The molecule has 1 heterocycles. The Balaban J connectivity index is 1.82. The Morgan fingerprint density at radius 3 is 2.38 bits per heavy atom. The minimum absolute atomic E-state index is 0.0407. The molecule has 0 fully saturated rings. The van der Waals surface area contributed by atoms with Gasteiger partial charge >= 0.3 is 5.69 Å². The van der Waals surface area contributed by atoms with E-state index in [1.54, 1.807) is 36.4 Å². The lowest BCUT2D eigenvalue weighted by molar-refractivity contribution is -0.383. The van der Waals surface area contributed by atoms with Crippen LogP contribution in [0.4, 0.5) is 28.7 Å². The van der Waals surface area contributed by atoms with Gasteiger partial charge in [-0.3, -0.25) is 14.9 Å². The van der Waals surface area contributed by atoms with Crippen molar-refractivity contribution in [3.05, 3.63) is 75.6 Å². The molecule has 1 aromatic heterocycles. The van der Waals surface area contributed by atoms with Crippen LogP contribution in [0.1, 0.15) is 12.5 Å². The second-order valence-electron chi connectivity index (χ2n) is 6.01. The normalized spacial score (nSPS) is 10.3. The highest BCUT2D eigenvalue weighted by Gasteiger charge is 2.23. The third-order valence-electron chi connectivity index (χ3n) is 3.88. The summed E-state index contributed by atoms with van der Waals surface area (Å²) in [6, 6.07) is 13.9. The van der Waals surface area contributed by atoms with Crippen LogP contribution in [0.5, 0.6) is 0 Å². The number of nitrogens with one attached hydrogen (secondary N) is 3. The first-order valence-electron chi connectivity index (χ1n) is 8.55. The maximum atomic E-state index is 11.7. The van der Waals surface area contributed by atoms with Gasteiger partial charge in [0.25, 0.3) is 0 Å². The standard InChI is InChI=1S/C19H17ClN6O3/c1-12(27)24-14-6-8-15(9-7-14)25-19-17(26(28)29)18(22-11-23-19)21-10-13-4-2-3-5-16(13)20/h2-9,11H,10H2,1H3,(H,24,27)(H2,21,22,23,25). The molecule has 3 N–H and O–H groups in total. The van der Waals surface area contributed by atoms with Gasteiger partial charge in [-0.25, -0.2) is 9.97 Å². The number of anilines is 4. The fourth-order valence-corrected chi connectivity index (χ4v) is 2.77. The van der Waals surface area contributed by atoms with Crippen LogP contribution >= 0.6 is 11.6 Å². The zero-order valence-electron chi connectivity index (χ0n) is 15.3. The predicted octanol–water partition coefficient (Wildman–Crippen LogP) is 4.35. The van der Waals surface area contributed by atoms with Crippen molar-refractivity contribution in [2.75, 3.05) is 16.0 Å². The van der Waals surface area contributed by atoms with Gasteiger partial charge in [0.15, 0.2) is 0 Å². The lowest BCUT2D eigenvalue weighted by atomic mass is 10.2. The van der Waals surface area contributed by atoms with Crippen molar-refractivity contribution in [3.63, 3.8) is 0 Å². The number of hydrogen-bond acceptors (Lipinski definition) is 7. The van der Waals surface area contributed by atoms with E-state index in [0.29, 0.717) is 16.4 Å². The molecule has 0 atom stereocenters. The molecule has 2 aromatic carbocycles. The molecule has 0 saturated heterocycles. The number of nitro groups is 1. The highest BCUT2D eigenvalue weighted by atomic mass is 35.5. The van der Waals surface area contributed by atoms with Crippen LogP contribution in [0.15, 0.2) is 54.9 Å². The molecule has 3 aromatic rings. The van der Waals surface area contributed by atoms with Crippen molar-refractivity contribution in [3.8, 4) is 0 Å². The number of hydrogen-bond donors (Lipinski definition) is 3. The van der Waals surface area contributed by atoms with E-state index in [9.17, 15) is 14.9 Å². The van der Waals surface area contributed by atoms with Crippen molar-refractivity contribution in [2.45, 2.75) is 13.5 Å². The summed E-state index contributed by atoms with van der Waals surface area (Å²) >= 11 is 6.13. The summed E-state index contributed by atoms with van der Waals surface area (Å²) in [5, 5.41) is 20.7. The van der Waals surface area contributed by atoms with Crippen molar-refractivity contribution in [2.24, 2.45) is 0 Å². The van der Waals surface area contributed by atoms with E-state index in [-0.39, 0.29) is 29.8 Å². The molecular weight excluding hydrogens is 396 g/mol. The number of benzene rings is 2. The van der Waals surface area contributed by atoms with E-state index in [1.165, 1.54) is 13.3 Å². The minimum atomic E-state index is -0.553. The highest BCUT2D eigenvalue weighted by molar-refractivity contribution is 6.31. The molecule has 0 aliphatic heterocycles. The Morgan fingerprint density at radius 2 is 1.72 bits per heavy atom. The number of carbonyl (C=O) groups excluding carboxylic acids is 1. The molecule has 0 aliphatic carbocycles. The molecule has 148 valence electrons. The molecule has 0 unspecified atom stereocenters. The summed E-state index contributed by atoms with van der Waals surface area (Å²) in [6.07, 6.45) is 1.23. The van der Waals surface area contributed by atoms with E-state index in [2.05, 4.69) is 25.9 Å². The summed E-state index contributed by atoms with van der Waals surface area (Å²) in [4.78, 5) is 30.2. The second-order valence-corrected chi connectivity index (χ2v) is 6.41. The zero-order valence-corrected chi connectivity index (χ0v) is 16.1. The number of amides is 1. The van der Waals surface area contributed by atoms with Gasteiger partial charge in [0.1, 0.15) is 6.33 Å². The smallest absolute Gasteiger partial charge is 0.353 e. The molecule has 9 nitrogen and oxygen atoms in total. The Kier molecular flexibility index (Phi) is 6.20. The van der Waals surface area contributed by atoms with Gasteiger partial charge in [0, 0.05) is 29.9 Å². The number of rotatable bonds is 7. The fraction of sp³-hybridized carbons (Fsp3) is 0.105. The summed E-state index contributed by atoms with van der Waals surface area (Å²) in [5.74, 6) is -0.0763. The van der Waals surface area contributed by atoms with Gasteiger partial charge in [-0.05, 0) is 35.9 Å². The van der Waals surface area contributed by atoms with Gasteiger partial charge in [0.2, 0.25) is 17.5 Å². The summed E-state index contributed by atoms with van der Waals surface area (Å²) in [7, 11) is 0. The molecule has 0 spiro atoms. The van der Waals surface area contributed by atoms with Crippen LogP contribution in [0, 0.1) is 10.1 Å². The number of aromatic nitrogens is 2. The van der Waals surface area contributed by atoms with Gasteiger partial charge in [-0.2, -0.15) is 0 Å². The monoisotopic (exact) mass is 412 g/mol. The van der Waals surface area contributed by atoms with Crippen LogP contribution in [0.2, 0.25) is 5.02 Å². The number of halogens is 1. The average molecular weight is 413 g/mol. The lowest BCUT2D eigenvalue weighted by Crippen LogP contribution is -2.08. The summed E-state index contributed by atoms with van der Waals surface area (Å²) in [6.45, 7) is 1.68. The van der Waals surface area contributed by atoms with Crippen molar-refractivity contribution >= 4 is 46.2 Å². The maximum absolute atomic E-state index is 11.7. The largest absolute Gasteiger partial charge is 0.360 e. The molecule has 29 heavy (non-hydrogen) atoms. The fourth-order valence-electron chi connectivity index (χ4n) is 2.57. The third kappa shape index (κ3) is 5.17. The lowest BCUT2D eigenvalue weighted by Gasteiger charge is -2.11. The Morgan fingerprint density at radius 1 is 1.07 bits per heavy atom. The molecule has 1 amide bonds. The maximum Gasteiger partial charge on any atom is 0.353 e. The first-order valence-corrected chi connectivity index (χ1v) is 8.93. The molecule has 3 rings (SSSR count). The van der Waals surface area contributed by atoms with E-state index < -0.39 is 4.92 Å². The van der Waals surface area contributed by atoms with Crippen LogP contribution in [0.3, 0.4) is 0 Å². The molecule has 0 saturated carbocycles. The second kappa shape index (κ2) is 8.98. The van der Waals surface area contributed by atoms with E-state index in [0.717, 1.165) is 5.56 Å². The molecule has 0 bridgehead atoms. The highest BCUT2D eigenvalue weighted by Crippen LogP contribution is 2.32. The van der Waals surface area contributed by atoms with Gasteiger partial charge < -0.3 is 16.0 Å². The van der Waals surface area contributed by atoms with Crippen molar-refractivity contribution in [1.82, 2.24) is 9.97 Å². The topological polar surface area (TPSA) is 122 Å². The number of nitrogens with zero attached hydrogens (tertiary/aromatic N) is 3. The first-order chi connectivity index (χ1) is 13.9. The third-order valence-corrected chi connectivity index (χ3v) is 4.25. The van der Waals surface area contributed by atoms with E-state index in [1.807, 2.05) is 12.1 Å². The van der Waals surface area contributed by atoms with Crippen LogP contribution in [-0.2, 0) is 11.3 Å². The van der Waals surface area contributed by atoms with E-state index in [4.69, 9.17) is 11.6 Å². The van der Waals surface area contributed by atoms with Gasteiger partial charge in [0.05, 0.1) is 4.92 Å². The zero-order chi connectivity index (χ0) is 20.8. The van der Waals surface area contributed by atoms with Gasteiger partial charge in [-0.1, -0.05) is 29.8 Å². The molecular formula is C19H17ClN6O3. The van der Waals surface area contributed by atoms with E-state index >= 15 is 0 Å². The van der Waals surface area contributed by atoms with Crippen molar-refractivity contribution in [1.29, 1.82) is 0 Å². The molecule has 0 radical (unpaired) electrons. The summed E-state index contributed by atoms with van der Waals surface area (Å²) < 4.78 is 0. The van der Waals surface area contributed by atoms with Crippen LogP contribution < -0.4 is 16.0 Å². The molecule has 10 heteroatoms. The molecule has 0 aliphatic rings.